The lowest BCUT2D eigenvalue weighted by molar-refractivity contribution is 0.129. The summed E-state index contributed by atoms with van der Waals surface area (Å²) in [5, 5.41) is 4.32. The smallest absolute Gasteiger partial charge is 0.211 e. The summed E-state index contributed by atoms with van der Waals surface area (Å²) in [5.41, 5.74) is 1.19. The van der Waals surface area contributed by atoms with Gasteiger partial charge >= 0.3 is 0 Å². The number of fused-ring (bicyclic) bond motifs is 4. The zero-order chi connectivity index (χ0) is 15.7. The summed E-state index contributed by atoms with van der Waals surface area (Å²) < 4.78 is 27.4. The highest BCUT2D eigenvalue weighted by Crippen LogP contribution is 2.29. The molecule has 0 spiro atoms. The molecular formula is C15H26N4O2S. The van der Waals surface area contributed by atoms with Crippen molar-refractivity contribution in [2.75, 3.05) is 32.4 Å². The van der Waals surface area contributed by atoms with Gasteiger partial charge in [0.15, 0.2) is 0 Å². The van der Waals surface area contributed by atoms with Crippen LogP contribution in [0.5, 0.6) is 0 Å². The second-order valence-corrected chi connectivity index (χ2v) is 8.79. The zero-order valence-corrected chi connectivity index (χ0v) is 14.3. The molecule has 22 heavy (non-hydrogen) atoms. The first kappa shape index (κ1) is 16.0. The van der Waals surface area contributed by atoms with Crippen molar-refractivity contribution in [1.29, 1.82) is 0 Å². The third-order valence-electron chi connectivity index (χ3n) is 4.86. The van der Waals surface area contributed by atoms with Crippen molar-refractivity contribution in [2.24, 2.45) is 5.92 Å². The van der Waals surface area contributed by atoms with E-state index < -0.39 is 10.0 Å². The Morgan fingerprint density at radius 2 is 2.05 bits per heavy atom. The van der Waals surface area contributed by atoms with E-state index in [1.165, 1.54) is 11.8 Å². The Morgan fingerprint density at radius 3 is 2.73 bits per heavy atom. The average Bonchev–Trinajstić information content (AvgIpc) is 2.67. The molecule has 7 heteroatoms. The molecule has 0 radical (unpaired) electrons. The first-order chi connectivity index (χ1) is 10.4. The standard InChI is InChI=1S/C15H26N4O2S/c1-13-8-16-18(9-13)7-3-6-17-10-14-4-5-15(17)12-19(11-14)22(2,20)21/h8-9,14-15H,3-7,10-12H2,1-2H3/t14-,15-/m1/s1. The number of sulfonamides is 1. The molecule has 2 atom stereocenters. The first-order valence-corrected chi connectivity index (χ1v) is 9.95. The third kappa shape index (κ3) is 3.70. The van der Waals surface area contributed by atoms with E-state index in [1.54, 1.807) is 4.31 Å². The van der Waals surface area contributed by atoms with Gasteiger partial charge in [0.2, 0.25) is 10.0 Å². The highest BCUT2D eigenvalue weighted by molar-refractivity contribution is 7.88. The van der Waals surface area contributed by atoms with E-state index in [-0.39, 0.29) is 0 Å². The third-order valence-corrected chi connectivity index (χ3v) is 6.09. The molecule has 3 saturated heterocycles. The number of hydrogen-bond donors (Lipinski definition) is 0. The summed E-state index contributed by atoms with van der Waals surface area (Å²) in [5.74, 6) is 0.487. The van der Waals surface area contributed by atoms with E-state index >= 15 is 0 Å². The molecule has 0 aliphatic carbocycles. The van der Waals surface area contributed by atoms with Gasteiger partial charge in [0.1, 0.15) is 0 Å². The second-order valence-electron chi connectivity index (χ2n) is 6.81. The predicted octanol–water partition coefficient (Wildman–Crippen LogP) is 0.937. The molecule has 4 heterocycles. The minimum absolute atomic E-state index is 0.382. The van der Waals surface area contributed by atoms with E-state index in [1.807, 2.05) is 10.9 Å². The van der Waals surface area contributed by atoms with E-state index in [2.05, 4.69) is 23.1 Å². The number of rotatable bonds is 5. The van der Waals surface area contributed by atoms with Gasteiger partial charge < -0.3 is 0 Å². The molecule has 0 N–H and O–H groups in total. The van der Waals surface area contributed by atoms with Crippen molar-refractivity contribution >= 4 is 10.0 Å². The van der Waals surface area contributed by atoms with Gasteiger partial charge in [-0.05, 0) is 37.7 Å². The summed E-state index contributed by atoms with van der Waals surface area (Å²) in [6.07, 6.45) is 8.63. The van der Waals surface area contributed by atoms with Gasteiger partial charge in [-0.2, -0.15) is 5.10 Å². The Morgan fingerprint density at radius 1 is 1.23 bits per heavy atom. The lowest BCUT2D eigenvalue weighted by atomic mass is 9.95. The van der Waals surface area contributed by atoms with Crippen LogP contribution in [-0.2, 0) is 16.6 Å². The van der Waals surface area contributed by atoms with Gasteiger partial charge in [-0.15, -0.1) is 0 Å². The number of piperidine rings is 1. The summed E-state index contributed by atoms with van der Waals surface area (Å²) in [6, 6.07) is 0.382. The van der Waals surface area contributed by atoms with Crippen molar-refractivity contribution in [3.8, 4) is 0 Å². The van der Waals surface area contributed by atoms with Crippen LogP contribution in [0.1, 0.15) is 24.8 Å². The molecule has 1 aromatic rings. The molecule has 124 valence electrons. The maximum Gasteiger partial charge on any atom is 0.211 e. The minimum Gasteiger partial charge on any atom is -0.299 e. The van der Waals surface area contributed by atoms with Crippen LogP contribution in [0.2, 0.25) is 0 Å². The van der Waals surface area contributed by atoms with E-state index in [0.717, 1.165) is 38.9 Å². The average molecular weight is 326 g/mol. The van der Waals surface area contributed by atoms with Crippen LogP contribution in [0.3, 0.4) is 0 Å². The Hall–Kier alpha value is -0.920. The SMILES string of the molecule is Cc1cnn(CCCN2C[C@H]3CC[C@@H]2CN(S(C)(=O)=O)C3)c1. The molecule has 3 aliphatic rings. The molecule has 1 aromatic heterocycles. The van der Waals surface area contributed by atoms with Crippen molar-refractivity contribution in [3.05, 3.63) is 18.0 Å². The van der Waals surface area contributed by atoms with Gasteiger partial charge in [0.05, 0.1) is 12.5 Å². The highest BCUT2D eigenvalue weighted by atomic mass is 32.2. The molecule has 6 nitrogen and oxygen atoms in total. The molecule has 3 fully saturated rings. The molecule has 4 rings (SSSR count). The molecule has 0 saturated carbocycles. The molecule has 0 unspecified atom stereocenters. The molecule has 2 bridgehead atoms. The predicted molar refractivity (Wildman–Crippen MR) is 86.1 cm³/mol. The van der Waals surface area contributed by atoms with Crippen molar-refractivity contribution in [1.82, 2.24) is 19.0 Å². The normalized spacial score (nSPS) is 27.2. The molecule has 3 aliphatic heterocycles. The van der Waals surface area contributed by atoms with Gasteiger partial charge in [0, 0.05) is 45.0 Å². The lowest BCUT2D eigenvalue weighted by Crippen LogP contribution is -2.44. The van der Waals surface area contributed by atoms with Crippen LogP contribution < -0.4 is 0 Å². The Balaban J connectivity index is 1.56. The molecule has 0 amide bonds. The number of nitrogens with zero attached hydrogens (tertiary/aromatic N) is 4. The maximum atomic E-state index is 11.9. The van der Waals surface area contributed by atoms with Crippen molar-refractivity contribution in [3.63, 3.8) is 0 Å². The fourth-order valence-corrected chi connectivity index (χ4v) is 4.63. The Labute approximate surface area is 133 Å². The fourth-order valence-electron chi connectivity index (χ4n) is 3.71. The number of aryl methyl sites for hydroxylation is 2. The maximum absolute atomic E-state index is 11.9. The Kier molecular flexibility index (Phi) is 4.56. The Bertz CT molecular complexity index is 613. The fraction of sp³-hybridized carbons (Fsp3) is 0.800. The van der Waals surface area contributed by atoms with Crippen LogP contribution in [0, 0.1) is 12.8 Å². The monoisotopic (exact) mass is 326 g/mol. The van der Waals surface area contributed by atoms with Gasteiger partial charge in [-0.25, -0.2) is 12.7 Å². The molecular weight excluding hydrogens is 300 g/mol. The van der Waals surface area contributed by atoms with E-state index in [4.69, 9.17) is 0 Å². The largest absolute Gasteiger partial charge is 0.299 e. The van der Waals surface area contributed by atoms with Crippen molar-refractivity contribution in [2.45, 2.75) is 38.8 Å². The molecule has 0 aromatic carbocycles. The van der Waals surface area contributed by atoms with Crippen LogP contribution in [0.15, 0.2) is 12.4 Å². The highest BCUT2D eigenvalue weighted by Gasteiger charge is 2.37. The summed E-state index contributed by atoms with van der Waals surface area (Å²) in [4.78, 5) is 2.50. The number of aromatic nitrogens is 2. The van der Waals surface area contributed by atoms with Crippen LogP contribution in [-0.4, -0.2) is 65.9 Å². The quantitative estimate of drug-likeness (QED) is 0.808. The second kappa shape index (κ2) is 6.29. The zero-order valence-electron chi connectivity index (χ0n) is 13.5. The van der Waals surface area contributed by atoms with Gasteiger partial charge in [-0.3, -0.25) is 9.58 Å². The van der Waals surface area contributed by atoms with E-state index in [9.17, 15) is 8.42 Å². The number of hydrogen-bond acceptors (Lipinski definition) is 4. The van der Waals surface area contributed by atoms with Gasteiger partial charge in [-0.1, -0.05) is 0 Å². The van der Waals surface area contributed by atoms with Crippen LogP contribution in [0.25, 0.3) is 0 Å². The topological polar surface area (TPSA) is 58.4 Å². The van der Waals surface area contributed by atoms with E-state index in [0.29, 0.717) is 25.0 Å². The first-order valence-electron chi connectivity index (χ1n) is 8.10. The van der Waals surface area contributed by atoms with Gasteiger partial charge in [0.25, 0.3) is 0 Å². The van der Waals surface area contributed by atoms with Crippen LogP contribution in [0.4, 0.5) is 0 Å². The summed E-state index contributed by atoms with van der Waals surface area (Å²) in [6.45, 7) is 6.40. The summed E-state index contributed by atoms with van der Waals surface area (Å²) >= 11 is 0. The van der Waals surface area contributed by atoms with Crippen LogP contribution >= 0.6 is 0 Å². The van der Waals surface area contributed by atoms with Crippen molar-refractivity contribution < 1.29 is 8.42 Å². The minimum atomic E-state index is -3.07. The summed E-state index contributed by atoms with van der Waals surface area (Å²) in [7, 11) is -3.07. The lowest BCUT2D eigenvalue weighted by Gasteiger charge is -2.36.